The molecule has 1 N–H and O–H groups in total. The van der Waals surface area contributed by atoms with Crippen molar-refractivity contribution in [1.82, 2.24) is 5.32 Å². The molecule has 1 heterocycles. The first-order valence-corrected chi connectivity index (χ1v) is 6.43. The third-order valence-corrected chi connectivity index (χ3v) is 3.30. The number of ether oxygens (including phenoxy) is 1. The predicted octanol–water partition coefficient (Wildman–Crippen LogP) is 2.40. The zero-order valence-corrected chi connectivity index (χ0v) is 10.6. The van der Waals surface area contributed by atoms with Gasteiger partial charge in [-0.2, -0.15) is 0 Å². The summed E-state index contributed by atoms with van der Waals surface area (Å²) < 4.78 is 31.5. The van der Waals surface area contributed by atoms with Crippen molar-refractivity contribution in [2.75, 3.05) is 13.2 Å². The molecule has 0 spiro atoms. The molecule has 0 aromatic heterocycles. The molecule has 5 heteroatoms. The molecule has 2 rings (SSSR count). The van der Waals surface area contributed by atoms with Crippen LogP contribution >= 0.6 is 0 Å². The van der Waals surface area contributed by atoms with Crippen LogP contribution in [-0.2, 0) is 16.1 Å². The lowest BCUT2D eigenvalue weighted by Crippen LogP contribution is -2.27. The number of hydrogen-bond acceptors (Lipinski definition) is 2. The van der Waals surface area contributed by atoms with E-state index in [1.54, 1.807) is 0 Å². The van der Waals surface area contributed by atoms with E-state index in [1.807, 2.05) is 0 Å². The number of amides is 1. The van der Waals surface area contributed by atoms with Crippen LogP contribution in [0.2, 0.25) is 0 Å². The van der Waals surface area contributed by atoms with Crippen LogP contribution in [0.25, 0.3) is 0 Å². The fraction of sp³-hybridized carbons (Fsp3) is 0.500. The molecule has 1 amide bonds. The Morgan fingerprint density at radius 1 is 1.32 bits per heavy atom. The first-order valence-electron chi connectivity index (χ1n) is 6.43. The normalized spacial score (nSPS) is 16.3. The van der Waals surface area contributed by atoms with Gasteiger partial charge in [0.05, 0.1) is 0 Å². The summed E-state index contributed by atoms with van der Waals surface area (Å²) in [6.07, 6.45) is 2.17. The van der Waals surface area contributed by atoms with Gasteiger partial charge in [0.15, 0.2) is 0 Å². The topological polar surface area (TPSA) is 38.3 Å². The summed E-state index contributed by atoms with van der Waals surface area (Å²) >= 11 is 0. The van der Waals surface area contributed by atoms with Gasteiger partial charge in [-0.3, -0.25) is 4.79 Å². The Balaban J connectivity index is 1.81. The maximum atomic E-state index is 13.3. The van der Waals surface area contributed by atoms with Crippen LogP contribution in [0.15, 0.2) is 18.2 Å². The number of nitrogens with one attached hydrogen (secondary N) is 1. The summed E-state index contributed by atoms with van der Waals surface area (Å²) in [7, 11) is 0. The molecular weight excluding hydrogens is 252 g/mol. The van der Waals surface area contributed by atoms with E-state index in [2.05, 4.69) is 5.32 Å². The number of halogens is 2. The number of rotatable bonds is 4. The van der Waals surface area contributed by atoms with E-state index >= 15 is 0 Å². The lowest BCUT2D eigenvalue weighted by molar-refractivity contribution is -0.122. The van der Waals surface area contributed by atoms with Crippen LogP contribution in [0.1, 0.15) is 24.8 Å². The summed E-state index contributed by atoms with van der Waals surface area (Å²) in [5, 5.41) is 2.63. The lowest BCUT2D eigenvalue weighted by atomic mass is 9.96. The molecular formula is C14H17F2NO2. The van der Waals surface area contributed by atoms with E-state index < -0.39 is 11.6 Å². The van der Waals surface area contributed by atoms with Crippen molar-refractivity contribution in [3.8, 4) is 0 Å². The number of carbonyl (C=O) groups excluding carboxylic acids is 1. The van der Waals surface area contributed by atoms with Crippen LogP contribution in [0.3, 0.4) is 0 Å². The molecule has 104 valence electrons. The zero-order chi connectivity index (χ0) is 13.7. The van der Waals surface area contributed by atoms with Crippen molar-refractivity contribution in [1.29, 1.82) is 0 Å². The largest absolute Gasteiger partial charge is 0.381 e. The van der Waals surface area contributed by atoms with E-state index in [4.69, 9.17) is 4.74 Å². The maximum Gasteiger partial charge on any atom is 0.220 e. The zero-order valence-electron chi connectivity index (χ0n) is 10.6. The molecule has 1 aromatic carbocycles. The molecule has 1 saturated heterocycles. The third-order valence-electron chi connectivity index (χ3n) is 3.30. The minimum atomic E-state index is -0.507. The Morgan fingerprint density at radius 3 is 2.79 bits per heavy atom. The Labute approximate surface area is 111 Å². The summed E-state index contributed by atoms with van der Waals surface area (Å²) in [4.78, 5) is 11.7. The average molecular weight is 269 g/mol. The molecule has 0 bridgehead atoms. The second-order valence-corrected chi connectivity index (χ2v) is 4.77. The van der Waals surface area contributed by atoms with Crippen LogP contribution < -0.4 is 5.32 Å². The molecule has 19 heavy (non-hydrogen) atoms. The molecule has 0 unspecified atom stereocenters. The average Bonchev–Trinajstić information content (AvgIpc) is 2.41. The molecule has 3 nitrogen and oxygen atoms in total. The van der Waals surface area contributed by atoms with Gasteiger partial charge in [0.1, 0.15) is 11.6 Å². The molecule has 0 atom stereocenters. The van der Waals surface area contributed by atoms with Crippen LogP contribution in [0.5, 0.6) is 0 Å². The summed E-state index contributed by atoms with van der Waals surface area (Å²) in [6.45, 7) is 1.40. The first kappa shape index (κ1) is 13.9. The van der Waals surface area contributed by atoms with E-state index in [0.717, 1.165) is 31.0 Å². The number of benzene rings is 1. The van der Waals surface area contributed by atoms with E-state index in [1.165, 1.54) is 0 Å². The number of hydrogen-bond donors (Lipinski definition) is 1. The standard InChI is InChI=1S/C14H17F2NO2/c15-12-1-2-13(16)11(8-12)9-17-14(18)7-10-3-5-19-6-4-10/h1-2,8,10H,3-7,9H2,(H,17,18). The second-order valence-electron chi connectivity index (χ2n) is 4.77. The van der Waals surface area contributed by atoms with Crippen molar-refractivity contribution in [2.24, 2.45) is 5.92 Å². The fourth-order valence-electron chi connectivity index (χ4n) is 2.16. The van der Waals surface area contributed by atoms with Crippen LogP contribution in [-0.4, -0.2) is 19.1 Å². The summed E-state index contributed by atoms with van der Waals surface area (Å²) in [6, 6.07) is 3.22. The van der Waals surface area contributed by atoms with Gasteiger partial charge in [-0.15, -0.1) is 0 Å². The molecule has 1 aromatic rings. The highest BCUT2D eigenvalue weighted by Gasteiger charge is 2.17. The number of carbonyl (C=O) groups is 1. The van der Waals surface area contributed by atoms with E-state index in [9.17, 15) is 13.6 Å². The molecule has 1 aliphatic rings. The Hall–Kier alpha value is -1.49. The lowest BCUT2D eigenvalue weighted by Gasteiger charge is -2.21. The minimum absolute atomic E-state index is 0.0195. The Kier molecular flexibility index (Phi) is 4.85. The highest BCUT2D eigenvalue weighted by molar-refractivity contribution is 5.76. The molecule has 0 aliphatic carbocycles. The fourth-order valence-corrected chi connectivity index (χ4v) is 2.16. The minimum Gasteiger partial charge on any atom is -0.381 e. The van der Waals surface area contributed by atoms with E-state index in [0.29, 0.717) is 25.6 Å². The molecule has 1 fully saturated rings. The first-order chi connectivity index (χ1) is 9.15. The van der Waals surface area contributed by atoms with Gasteiger partial charge in [-0.25, -0.2) is 8.78 Å². The molecule has 1 aliphatic heterocycles. The molecule has 0 saturated carbocycles. The third kappa shape index (κ3) is 4.28. The monoisotopic (exact) mass is 269 g/mol. The SMILES string of the molecule is O=C(CC1CCOCC1)NCc1cc(F)ccc1F. The Bertz CT molecular complexity index is 445. The van der Waals surface area contributed by atoms with Crippen molar-refractivity contribution < 1.29 is 18.3 Å². The van der Waals surface area contributed by atoms with E-state index in [-0.39, 0.29) is 18.0 Å². The van der Waals surface area contributed by atoms with Gasteiger partial charge in [-0.1, -0.05) is 0 Å². The Morgan fingerprint density at radius 2 is 2.05 bits per heavy atom. The van der Waals surface area contributed by atoms with Gasteiger partial charge in [-0.05, 0) is 37.0 Å². The quantitative estimate of drug-likeness (QED) is 0.911. The summed E-state index contributed by atoms with van der Waals surface area (Å²) in [5.41, 5.74) is 0.167. The highest BCUT2D eigenvalue weighted by Crippen LogP contribution is 2.18. The van der Waals surface area contributed by atoms with Crippen molar-refractivity contribution in [2.45, 2.75) is 25.8 Å². The van der Waals surface area contributed by atoms with Gasteiger partial charge in [0, 0.05) is 31.7 Å². The van der Waals surface area contributed by atoms with Crippen LogP contribution in [0, 0.1) is 17.6 Å². The highest BCUT2D eigenvalue weighted by atomic mass is 19.1. The van der Waals surface area contributed by atoms with Gasteiger partial charge >= 0.3 is 0 Å². The molecule has 0 radical (unpaired) electrons. The summed E-state index contributed by atoms with van der Waals surface area (Å²) in [5.74, 6) is -0.815. The second kappa shape index (κ2) is 6.61. The van der Waals surface area contributed by atoms with Crippen molar-refractivity contribution in [3.63, 3.8) is 0 Å². The maximum absolute atomic E-state index is 13.3. The van der Waals surface area contributed by atoms with Gasteiger partial charge in [0.25, 0.3) is 0 Å². The van der Waals surface area contributed by atoms with Crippen molar-refractivity contribution >= 4 is 5.91 Å². The van der Waals surface area contributed by atoms with Gasteiger partial charge in [0.2, 0.25) is 5.91 Å². The smallest absolute Gasteiger partial charge is 0.220 e. The predicted molar refractivity (Wildman–Crippen MR) is 66.4 cm³/mol. The van der Waals surface area contributed by atoms with Crippen molar-refractivity contribution in [3.05, 3.63) is 35.4 Å². The van der Waals surface area contributed by atoms with Crippen LogP contribution in [0.4, 0.5) is 8.78 Å². The van der Waals surface area contributed by atoms with Gasteiger partial charge < -0.3 is 10.1 Å².